The van der Waals surface area contributed by atoms with E-state index in [9.17, 15) is 18.0 Å². The molecule has 1 heterocycles. The van der Waals surface area contributed by atoms with Crippen LogP contribution in [0.1, 0.15) is 11.1 Å². The molecular formula is C12H10ClF3O2S. The van der Waals surface area contributed by atoms with Crippen LogP contribution in [0.3, 0.4) is 0 Å². The number of carbonyl (C=O) groups is 1. The van der Waals surface area contributed by atoms with Gasteiger partial charge in [0.1, 0.15) is 5.25 Å². The minimum Gasteiger partial charge on any atom is -0.481 e. The maximum absolute atomic E-state index is 12.9. The molecule has 1 aliphatic heterocycles. The van der Waals surface area contributed by atoms with Gasteiger partial charge in [0.25, 0.3) is 0 Å². The number of thioether (sulfide) groups is 1. The lowest BCUT2D eigenvalue weighted by atomic mass is 9.94. The molecule has 2 atom stereocenters. The van der Waals surface area contributed by atoms with Crippen LogP contribution in [0.25, 0.3) is 0 Å². The molecule has 1 aromatic carbocycles. The highest BCUT2D eigenvalue weighted by Crippen LogP contribution is 2.47. The molecule has 0 amide bonds. The summed E-state index contributed by atoms with van der Waals surface area (Å²) in [5, 5.41) is 7.50. The number of aryl methyl sites for hydroxylation is 1. The van der Waals surface area contributed by atoms with E-state index < -0.39 is 23.3 Å². The van der Waals surface area contributed by atoms with Crippen LogP contribution in [-0.2, 0) is 11.2 Å². The van der Waals surface area contributed by atoms with Crippen molar-refractivity contribution < 1.29 is 23.1 Å². The van der Waals surface area contributed by atoms with Gasteiger partial charge in [-0.3, -0.25) is 4.79 Å². The van der Waals surface area contributed by atoms with Crippen LogP contribution >= 0.6 is 23.4 Å². The summed E-state index contributed by atoms with van der Waals surface area (Å²) in [5.74, 6) is -2.91. The average molecular weight is 311 g/mol. The molecule has 0 radical (unpaired) electrons. The second kappa shape index (κ2) is 4.90. The van der Waals surface area contributed by atoms with E-state index in [0.717, 1.165) is 0 Å². The van der Waals surface area contributed by atoms with Crippen LogP contribution in [0.4, 0.5) is 13.2 Å². The van der Waals surface area contributed by atoms with Crippen molar-refractivity contribution in [3.8, 4) is 0 Å². The van der Waals surface area contributed by atoms with Gasteiger partial charge in [-0.1, -0.05) is 11.6 Å². The van der Waals surface area contributed by atoms with Crippen molar-refractivity contribution in [2.75, 3.05) is 0 Å². The number of rotatable bonds is 1. The largest absolute Gasteiger partial charge is 0.481 e. The first-order valence-electron chi connectivity index (χ1n) is 5.45. The second-order valence-electron chi connectivity index (χ2n) is 4.44. The first-order chi connectivity index (χ1) is 8.70. The van der Waals surface area contributed by atoms with Crippen molar-refractivity contribution in [3.63, 3.8) is 0 Å². The number of halogens is 4. The Morgan fingerprint density at radius 1 is 1.47 bits per heavy atom. The van der Waals surface area contributed by atoms with Crippen LogP contribution in [0, 0.1) is 12.8 Å². The van der Waals surface area contributed by atoms with E-state index in [2.05, 4.69) is 0 Å². The average Bonchev–Trinajstić information content (AvgIpc) is 2.27. The summed E-state index contributed by atoms with van der Waals surface area (Å²) < 4.78 is 38.7. The van der Waals surface area contributed by atoms with E-state index >= 15 is 0 Å². The summed E-state index contributed by atoms with van der Waals surface area (Å²) in [7, 11) is 0. The van der Waals surface area contributed by atoms with Crippen LogP contribution in [0.5, 0.6) is 0 Å². The molecule has 0 bridgehead atoms. The fourth-order valence-electron chi connectivity index (χ4n) is 2.04. The van der Waals surface area contributed by atoms with Gasteiger partial charge in [0.05, 0.1) is 5.92 Å². The first kappa shape index (κ1) is 14.5. The molecule has 0 unspecified atom stereocenters. The highest BCUT2D eigenvalue weighted by molar-refractivity contribution is 8.00. The molecule has 2 nitrogen and oxygen atoms in total. The summed E-state index contributed by atoms with van der Waals surface area (Å²) >= 11 is 6.48. The zero-order chi connectivity index (χ0) is 14.4. The zero-order valence-corrected chi connectivity index (χ0v) is 11.4. The summed E-state index contributed by atoms with van der Waals surface area (Å²) in [6, 6.07) is 3.14. The van der Waals surface area contributed by atoms with Crippen LogP contribution in [0.15, 0.2) is 17.0 Å². The normalized spacial score (nSPS) is 23.0. The number of alkyl halides is 3. The Bertz CT molecular complexity index is 530. The molecule has 0 fully saturated rings. The van der Waals surface area contributed by atoms with Gasteiger partial charge in [-0.25, -0.2) is 0 Å². The topological polar surface area (TPSA) is 37.3 Å². The van der Waals surface area contributed by atoms with Gasteiger partial charge in [0.2, 0.25) is 0 Å². The molecule has 0 aliphatic carbocycles. The van der Waals surface area contributed by atoms with E-state index in [4.69, 9.17) is 16.7 Å². The number of benzene rings is 1. The van der Waals surface area contributed by atoms with E-state index in [-0.39, 0.29) is 6.42 Å². The zero-order valence-electron chi connectivity index (χ0n) is 9.79. The number of hydrogen-bond acceptors (Lipinski definition) is 2. The van der Waals surface area contributed by atoms with Crippen molar-refractivity contribution >= 4 is 29.3 Å². The number of aliphatic carboxylic acids is 1. The first-order valence-corrected chi connectivity index (χ1v) is 6.71. The van der Waals surface area contributed by atoms with E-state index in [1.807, 2.05) is 0 Å². The Labute approximate surface area is 116 Å². The molecule has 1 N–H and O–H groups in total. The number of carboxylic acids is 1. The summed E-state index contributed by atoms with van der Waals surface area (Å²) in [6.45, 7) is 1.70. The molecule has 1 aromatic rings. The number of hydrogen-bond donors (Lipinski definition) is 1. The lowest BCUT2D eigenvalue weighted by Gasteiger charge is -2.31. The maximum atomic E-state index is 12.9. The minimum atomic E-state index is -4.54. The third-order valence-electron chi connectivity index (χ3n) is 3.04. The fourth-order valence-corrected chi connectivity index (χ4v) is 3.55. The van der Waals surface area contributed by atoms with Gasteiger partial charge < -0.3 is 5.11 Å². The molecule has 1 aliphatic rings. The van der Waals surface area contributed by atoms with Gasteiger partial charge >= 0.3 is 12.1 Å². The minimum absolute atomic E-state index is 0.151. The van der Waals surface area contributed by atoms with Crippen molar-refractivity contribution in [1.29, 1.82) is 0 Å². The monoisotopic (exact) mass is 310 g/mol. The lowest BCUT2D eigenvalue weighted by molar-refractivity contribution is -0.160. The van der Waals surface area contributed by atoms with E-state index in [1.165, 1.54) is 0 Å². The van der Waals surface area contributed by atoms with Gasteiger partial charge in [-0.05, 0) is 36.6 Å². The molecule has 0 saturated heterocycles. The smallest absolute Gasteiger partial charge is 0.401 e. The molecule has 0 saturated carbocycles. The van der Waals surface area contributed by atoms with Crippen LogP contribution in [-0.4, -0.2) is 22.5 Å². The number of fused-ring (bicyclic) bond motifs is 1. The number of carboxylic acid groups (broad SMARTS) is 1. The molecule has 104 valence electrons. The maximum Gasteiger partial charge on any atom is 0.401 e. The van der Waals surface area contributed by atoms with Crippen LogP contribution < -0.4 is 0 Å². The van der Waals surface area contributed by atoms with Crippen molar-refractivity contribution in [2.45, 2.75) is 29.7 Å². The molecule has 0 aromatic heterocycles. The van der Waals surface area contributed by atoms with Gasteiger partial charge in [-0.15, -0.1) is 11.8 Å². The van der Waals surface area contributed by atoms with Crippen molar-refractivity contribution in [3.05, 3.63) is 28.3 Å². The predicted molar refractivity (Wildman–Crippen MR) is 66.7 cm³/mol. The van der Waals surface area contributed by atoms with E-state index in [0.29, 0.717) is 32.8 Å². The summed E-state index contributed by atoms with van der Waals surface area (Å²) in [4.78, 5) is 11.5. The quantitative estimate of drug-likeness (QED) is 0.854. The standard InChI is InChI=1S/C12H10ClF3O2S/c1-5-2-9-6(4-8(5)13)3-7(11(17)18)10(19-9)12(14,15)16/h2,4,7,10H,3H2,1H3,(H,17,18)/t7-,10-/m0/s1. The Kier molecular flexibility index (Phi) is 3.75. The third-order valence-corrected chi connectivity index (χ3v) is 4.93. The van der Waals surface area contributed by atoms with Crippen molar-refractivity contribution in [2.24, 2.45) is 5.92 Å². The molecular weight excluding hydrogens is 301 g/mol. The Hall–Kier alpha value is -0.880. The Balaban J connectivity index is 2.45. The van der Waals surface area contributed by atoms with Gasteiger partial charge in [0, 0.05) is 9.92 Å². The highest BCUT2D eigenvalue weighted by Gasteiger charge is 2.50. The SMILES string of the molecule is Cc1cc2c(cc1Cl)C[C@H](C(=O)O)[C@@H](C(F)(F)F)S2. The van der Waals surface area contributed by atoms with Gasteiger partial charge in [-0.2, -0.15) is 13.2 Å². The predicted octanol–water partition coefficient (Wildman–Crippen LogP) is 3.93. The highest BCUT2D eigenvalue weighted by atomic mass is 35.5. The summed E-state index contributed by atoms with van der Waals surface area (Å²) in [5.41, 5.74) is 1.25. The third kappa shape index (κ3) is 2.84. The lowest BCUT2D eigenvalue weighted by Crippen LogP contribution is -2.41. The molecule has 19 heavy (non-hydrogen) atoms. The van der Waals surface area contributed by atoms with Crippen LogP contribution in [0.2, 0.25) is 5.02 Å². The molecule has 0 spiro atoms. The van der Waals surface area contributed by atoms with E-state index in [1.54, 1.807) is 19.1 Å². The Morgan fingerprint density at radius 3 is 2.63 bits per heavy atom. The summed E-state index contributed by atoms with van der Waals surface area (Å²) in [6.07, 6.45) is -4.69. The fraction of sp³-hybridized carbons (Fsp3) is 0.417. The van der Waals surface area contributed by atoms with Crippen molar-refractivity contribution in [1.82, 2.24) is 0 Å². The second-order valence-corrected chi connectivity index (χ2v) is 6.03. The molecule has 7 heteroatoms. The Morgan fingerprint density at radius 2 is 2.11 bits per heavy atom. The molecule has 2 rings (SSSR count). The van der Waals surface area contributed by atoms with Gasteiger partial charge in [0.15, 0.2) is 0 Å².